The van der Waals surface area contributed by atoms with Gasteiger partial charge in [-0.3, -0.25) is 9.59 Å². The smallest absolute Gasteiger partial charge is 0.272 e. The first-order valence-corrected chi connectivity index (χ1v) is 10.2. The highest BCUT2D eigenvalue weighted by molar-refractivity contribution is 6.11. The van der Waals surface area contributed by atoms with Gasteiger partial charge in [-0.2, -0.15) is 0 Å². The number of halogens is 1. The van der Waals surface area contributed by atoms with Gasteiger partial charge < -0.3 is 15.4 Å². The van der Waals surface area contributed by atoms with Gasteiger partial charge in [0.15, 0.2) is 0 Å². The number of fused-ring (bicyclic) bond motifs is 1. The molecule has 5 nitrogen and oxygen atoms in total. The molecule has 0 unspecified atom stereocenters. The van der Waals surface area contributed by atoms with Crippen molar-refractivity contribution in [3.63, 3.8) is 0 Å². The van der Waals surface area contributed by atoms with Gasteiger partial charge in [0.1, 0.15) is 17.3 Å². The van der Waals surface area contributed by atoms with Gasteiger partial charge in [-0.15, -0.1) is 0 Å². The topological polar surface area (TPSA) is 67.4 Å². The summed E-state index contributed by atoms with van der Waals surface area (Å²) in [6.07, 6.45) is 1.50. The van der Waals surface area contributed by atoms with Gasteiger partial charge in [-0.1, -0.05) is 42.5 Å². The molecule has 0 fully saturated rings. The number of carbonyl (C=O) groups excluding carboxylic acids is 2. The van der Waals surface area contributed by atoms with E-state index >= 15 is 0 Å². The molecule has 164 valence electrons. The number of anilines is 1. The van der Waals surface area contributed by atoms with E-state index in [1.165, 1.54) is 37.5 Å². The van der Waals surface area contributed by atoms with Crippen LogP contribution in [0.3, 0.4) is 0 Å². The Morgan fingerprint density at radius 2 is 1.55 bits per heavy atom. The van der Waals surface area contributed by atoms with Crippen LogP contribution < -0.4 is 15.4 Å². The molecule has 0 aromatic heterocycles. The summed E-state index contributed by atoms with van der Waals surface area (Å²) < 4.78 is 18.4. The third kappa shape index (κ3) is 5.43. The van der Waals surface area contributed by atoms with Gasteiger partial charge in [0, 0.05) is 11.3 Å². The zero-order valence-corrected chi connectivity index (χ0v) is 17.8. The number of methoxy groups -OCH3 is 1. The molecule has 0 bridgehead atoms. The Hall–Kier alpha value is -4.45. The summed E-state index contributed by atoms with van der Waals surface area (Å²) in [5, 5.41) is 7.51. The van der Waals surface area contributed by atoms with Crippen LogP contribution in [0.25, 0.3) is 16.8 Å². The lowest BCUT2D eigenvalue weighted by molar-refractivity contribution is -0.113. The van der Waals surface area contributed by atoms with Crippen molar-refractivity contribution in [2.24, 2.45) is 0 Å². The fraction of sp³-hybridized carbons (Fsp3) is 0.0370. The lowest BCUT2D eigenvalue weighted by Gasteiger charge is -2.12. The maximum absolute atomic E-state index is 13.3. The van der Waals surface area contributed by atoms with Crippen LogP contribution in [-0.4, -0.2) is 18.9 Å². The van der Waals surface area contributed by atoms with Gasteiger partial charge in [0.2, 0.25) is 0 Å². The zero-order valence-electron chi connectivity index (χ0n) is 17.8. The van der Waals surface area contributed by atoms with Crippen LogP contribution in [0.4, 0.5) is 10.1 Å². The van der Waals surface area contributed by atoms with E-state index in [0.717, 1.165) is 10.8 Å². The highest BCUT2D eigenvalue weighted by Crippen LogP contribution is 2.20. The van der Waals surface area contributed by atoms with Crippen LogP contribution in [0.5, 0.6) is 5.75 Å². The van der Waals surface area contributed by atoms with Crippen LogP contribution in [0.2, 0.25) is 0 Å². The fourth-order valence-corrected chi connectivity index (χ4v) is 3.29. The molecule has 4 aromatic carbocycles. The van der Waals surface area contributed by atoms with E-state index in [-0.39, 0.29) is 5.70 Å². The standard InChI is InChI=1S/C27H21FN2O3/c1-33-24-14-9-20(10-15-24)26(31)30-25(16-18-6-11-22(28)12-7-18)27(32)29-23-13-8-19-4-2-3-5-21(19)17-23/h2-17H,1H3,(H,29,32)(H,30,31). The third-order valence-corrected chi connectivity index (χ3v) is 5.03. The van der Waals surface area contributed by atoms with Crippen LogP contribution in [0.1, 0.15) is 15.9 Å². The number of amides is 2. The van der Waals surface area contributed by atoms with Gasteiger partial charge >= 0.3 is 0 Å². The summed E-state index contributed by atoms with van der Waals surface area (Å²) in [6, 6.07) is 25.5. The second-order valence-corrected chi connectivity index (χ2v) is 7.31. The molecule has 0 saturated heterocycles. The number of benzene rings is 4. The molecule has 0 heterocycles. The lowest BCUT2D eigenvalue weighted by atomic mass is 10.1. The van der Waals surface area contributed by atoms with Crippen LogP contribution in [0.15, 0.2) is 96.7 Å². The zero-order chi connectivity index (χ0) is 23.2. The minimum absolute atomic E-state index is 0.0237. The van der Waals surface area contributed by atoms with E-state index in [4.69, 9.17) is 4.74 Å². The molecule has 6 heteroatoms. The minimum Gasteiger partial charge on any atom is -0.497 e. The van der Waals surface area contributed by atoms with E-state index in [9.17, 15) is 14.0 Å². The van der Waals surface area contributed by atoms with Crippen molar-refractivity contribution >= 4 is 34.4 Å². The van der Waals surface area contributed by atoms with Crippen LogP contribution in [0, 0.1) is 5.82 Å². The lowest BCUT2D eigenvalue weighted by Crippen LogP contribution is -2.30. The molecule has 0 saturated carbocycles. The SMILES string of the molecule is COc1ccc(C(=O)NC(=Cc2ccc(F)cc2)C(=O)Nc2ccc3ccccc3c2)cc1. The van der Waals surface area contributed by atoms with Crippen molar-refractivity contribution in [2.75, 3.05) is 12.4 Å². The Labute approximate surface area is 190 Å². The largest absolute Gasteiger partial charge is 0.497 e. The van der Waals surface area contributed by atoms with Gasteiger partial charge in [0.05, 0.1) is 7.11 Å². The Balaban J connectivity index is 1.61. The number of nitrogens with one attached hydrogen (secondary N) is 2. The van der Waals surface area contributed by atoms with Gasteiger partial charge in [-0.05, 0) is 70.9 Å². The quantitative estimate of drug-likeness (QED) is 0.395. The van der Waals surface area contributed by atoms with Crippen molar-refractivity contribution in [1.82, 2.24) is 5.32 Å². The molecule has 0 aliphatic carbocycles. The summed E-state index contributed by atoms with van der Waals surface area (Å²) in [6.45, 7) is 0. The van der Waals surface area contributed by atoms with Crippen LogP contribution >= 0.6 is 0 Å². The average Bonchev–Trinajstić information content (AvgIpc) is 2.84. The van der Waals surface area contributed by atoms with Crippen molar-refractivity contribution in [3.8, 4) is 5.75 Å². The van der Waals surface area contributed by atoms with E-state index in [1.54, 1.807) is 30.3 Å². The summed E-state index contributed by atoms with van der Waals surface area (Å²) >= 11 is 0. The Morgan fingerprint density at radius 1 is 0.848 bits per heavy atom. The monoisotopic (exact) mass is 440 g/mol. The molecule has 2 N–H and O–H groups in total. The molecule has 4 aromatic rings. The maximum Gasteiger partial charge on any atom is 0.272 e. The first-order valence-electron chi connectivity index (χ1n) is 10.2. The number of hydrogen-bond acceptors (Lipinski definition) is 3. The second-order valence-electron chi connectivity index (χ2n) is 7.31. The summed E-state index contributed by atoms with van der Waals surface area (Å²) in [5.74, 6) is -0.740. The molecule has 0 aliphatic rings. The van der Waals surface area contributed by atoms with E-state index in [0.29, 0.717) is 22.6 Å². The molecule has 2 amide bonds. The van der Waals surface area contributed by atoms with Crippen molar-refractivity contribution in [3.05, 3.63) is 114 Å². The normalized spacial score (nSPS) is 11.2. The molecule has 0 radical (unpaired) electrons. The van der Waals surface area contributed by atoms with E-state index < -0.39 is 17.6 Å². The molecule has 0 aliphatic heterocycles. The van der Waals surface area contributed by atoms with Gasteiger partial charge in [0.25, 0.3) is 11.8 Å². The summed E-state index contributed by atoms with van der Waals surface area (Å²) in [7, 11) is 1.54. The Morgan fingerprint density at radius 3 is 2.24 bits per heavy atom. The Kier molecular flexibility index (Phi) is 6.45. The fourth-order valence-electron chi connectivity index (χ4n) is 3.29. The van der Waals surface area contributed by atoms with E-state index in [2.05, 4.69) is 10.6 Å². The summed E-state index contributed by atoms with van der Waals surface area (Å²) in [4.78, 5) is 25.9. The Bertz CT molecular complexity index is 1330. The van der Waals surface area contributed by atoms with Crippen LogP contribution in [-0.2, 0) is 4.79 Å². The predicted molar refractivity (Wildman–Crippen MR) is 127 cm³/mol. The molecular formula is C27H21FN2O3. The predicted octanol–water partition coefficient (Wildman–Crippen LogP) is 5.40. The van der Waals surface area contributed by atoms with E-state index in [1.807, 2.05) is 36.4 Å². The van der Waals surface area contributed by atoms with Gasteiger partial charge in [-0.25, -0.2) is 4.39 Å². The minimum atomic E-state index is -0.503. The van der Waals surface area contributed by atoms with Crippen molar-refractivity contribution in [2.45, 2.75) is 0 Å². The highest BCUT2D eigenvalue weighted by Gasteiger charge is 2.15. The molecule has 0 atom stereocenters. The number of hydrogen-bond donors (Lipinski definition) is 2. The molecule has 33 heavy (non-hydrogen) atoms. The first kappa shape index (κ1) is 21.8. The number of carbonyl (C=O) groups is 2. The van der Waals surface area contributed by atoms with Crippen molar-refractivity contribution < 1.29 is 18.7 Å². The summed E-state index contributed by atoms with van der Waals surface area (Å²) in [5.41, 5.74) is 1.53. The second kappa shape index (κ2) is 9.78. The third-order valence-electron chi connectivity index (χ3n) is 5.03. The molecule has 4 rings (SSSR count). The number of ether oxygens (including phenoxy) is 1. The number of rotatable bonds is 6. The molecular weight excluding hydrogens is 419 g/mol. The van der Waals surface area contributed by atoms with Crippen molar-refractivity contribution in [1.29, 1.82) is 0 Å². The average molecular weight is 440 g/mol. The first-order chi connectivity index (χ1) is 16.0. The molecule has 0 spiro atoms. The highest BCUT2D eigenvalue weighted by atomic mass is 19.1. The maximum atomic E-state index is 13.3.